The Balaban J connectivity index is 2.31. The van der Waals surface area contributed by atoms with Gasteiger partial charge in [-0.25, -0.2) is 4.79 Å². The molecule has 0 fully saturated rings. The highest BCUT2D eigenvalue weighted by atomic mass is 35.5. The van der Waals surface area contributed by atoms with Crippen molar-refractivity contribution in [3.63, 3.8) is 0 Å². The minimum Gasteiger partial charge on any atom is -0.422 e. The number of para-hydroxylation sites is 1. The molecule has 0 N–H and O–H groups in total. The number of esters is 1. The molecule has 2 aromatic rings. The summed E-state index contributed by atoms with van der Waals surface area (Å²) in [7, 11) is 0. The summed E-state index contributed by atoms with van der Waals surface area (Å²) in [6, 6.07) is 10.4. The van der Waals surface area contributed by atoms with Crippen molar-refractivity contribution in [3.8, 4) is 5.75 Å². The van der Waals surface area contributed by atoms with E-state index >= 15 is 0 Å². The van der Waals surface area contributed by atoms with Gasteiger partial charge < -0.3 is 4.74 Å². The minimum absolute atomic E-state index is 0.0909. The normalized spacial score (nSPS) is 10.1. The number of carbonyl (C=O) groups is 1. The Morgan fingerprint density at radius 3 is 2.60 bits per heavy atom. The minimum atomic E-state index is -0.775. The van der Waals surface area contributed by atoms with Gasteiger partial charge in [-0.1, -0.05) is 23.7 Å². The van der Waals surface area contributed by atoms with Crippen molar-refractivity contribution in [2.45, 2.75) is 6.92 Å². The highest BCUT2D eigenvalue weighted by Crippen LogP contribution is 2.24. The number of nitro benzene ring substituents is 1. The molecule has 0 radical (unpaired) electrons. The van der Waals surface area contributed by atoms with E-state index in [1.807, 2.05) is 0 Å². The lowest BCUT2D eigenvalue weighted by molar-refractivity contribution is -0.385. The summed E-state index contributed by atoms with van der Waals surface area (Å²) in [6.45, 7) is 1.73. The topological polar surface area (TPSA) is 69.4 Å². The zero-order valence-corrected chi connectivity index (χ0v) is 11.3. The smallest absolute Gasteiger partial charge is 0.350 e. The van der Waals surface area contributed by atoms with Crippen LogP contribution < -0.4 is 4.74 Å². The maximum Gasteiger partial charge on any atom is 0.350 e. The Bertz CT molecular complexity index is 685. The lowest BCUT2D eigenvalue weighted by atomic mass is 10.2. The van der Waals surface area contributed by atoms with Crippen LogP contribution in [0.1, 0.15) is 15.9 Å². The average Bonchev–Trinajstić information content (AvgIpc) is 2.41. The monoisotopic (exact) mass is 291 g/mol. The van der Waals surface area contributed by atoms with E-state index in [9.17, 15) is 14.9 Å². The van der Waals surface area contributed by atoms with E-state index < -0.39 is 10.9 Å². The number of nitro groups is 1. The summed E-state index contributed by atoms with van der Waals surface area (Å²) in [4.78, 5) is 22.3. The first-order valence-electron chi connectivity index (χ1n) is 5.71. The second-order valence-electron chi connectivity index (χ2n) is 4.07. The molecular weight excluding hydrogens is 282 g/mol. The Kier molecular flexibility index (Phi) is 4.00. The second-order valence-corrected chi connectivity index (χ2v) is 4.51. The first kappa shape index (κ1) is 14.0. The van der Waals surface area contributed by atoms with Gasteiger partial charge in [0, 0.05) is 11.1 Å². The van der Waals surface area contributed by atoms with Crippen LogP contribution in [0.15, 0.2) is 42.5 Å². The summed E-state index contributed by atoms with van der Waals surface area (Å²) in [5.74, 6) is -0.458. The SMILES string of the molecule is Cc1cc(Cl)ccc1OC(=O)c1ccccc1[N+](=O)[O-]. The molecule has 6 heteroatoms. The molecule has 0 unspecified atom stereocenters. The third-order valence-electron chi connectivity index (χ3n) is 2.66. The van der Waals surface area contributed by atoms with Crippen molar-refractivity contribution in [1.29, 1.82) is 0 Å². The number of rotatable bonds is 3. The molecule has 0 aliphatic heterocycles. The van der Waals surface area contributed by atoms with E-state index in [0.717, 1.165) is 0 Å². The van der Waals surface area contributed by atoms with E-state index in [1.165, 1.54) is 24.3 Å². The van der Waals surface area contributed by atoms with Crippen LogP contribution in [-0.2, 0) is 0 Å². The van der Waals surface area contributed by atoms with E-state index in [0.29, 0.717) is 16.3 Å². The average molecular weight is 292 g/mol. The summed E-state index contributed by atoms with van der Waals surface area (Å²) in [6.07, 6.45) is 0. The zero-order chi connectivity index (χ0) is 14.7. The van der Waals surface area contributed by atoms with Crippen LogP contribution in [0, 0.1) is 17.0 Å². The molecule has 0 aromatic heterocycles. The molecule has 2 aromatic carbocycles. The molecule has 2 rings (SSSR count). The second kappa shape index (κ2) is 5.71. The van der Waals surface area contributed by atoms with Gasteiger partial charge in [0.05, 0.1) is 4.92 Å². The number of benzene rings is 2. The number of nitrogens with zero attached hydrogens (tertiary/aromatic N) is 1. The van der Waals surface area contributed by atoms with Crippen LogP contribution >= 0.6 is 11.6 Å². The van der Waals surface area contributed by atoms with Gasteiger partial charge >= 0.3 is 5.97 Å². The standard InChI is InChI=1S/C14H10ClNO4/c1-9-8-10(15)6-7-13(9)20-14(17)11-4-2-3-5-12(11)16(18)19/h2-8H,1H3. The Hall–Kier alpha value is -2.40. The number of halogens is 1. The van der Waals surface area contributed by atoms with Gasteiger partial charge in [0.25, 0.3) is 5.69 Å². The largest absolute Gasteiger partial charge is 0.422 e. The highest BCUT2D eigenvalue weighted by Gasteiger charge is 2.21. The van der Waals surface area contributed by atoms with Crippen LogP contribution in [0.25, 0.3) is 0 Å². The number of hydrogen-bond donors (Lipinski definition) is 0. The highest BCUT2D eigenvalue weighted by molar-refractivity contribution is 6.30. The number of ether oxygens (including phenoxy) is 1. The van der Waals surface area contributed by atoms with E-state index in [2.05, 4.69) is 0 Å². The van der Waals surface area contributed by atoms with Crippen molar-refractivity contribution < 1.29 is 14.5 Å². The quantitative estimate of drug-likeness (QED) is 0.373. The van der Waals surface area contributed by atoms with Crippen LogP contribution in [-0.4, -0.2) is 10.9 Å². The molecule has 0 heterocycles. The molecule has 102 valence electrons. The first-order chi connectivity index (χ1) is 9.49. The third kappa shape index (κ3) is 2.95. The molecule has 20 heavy (non-hydrogen) atoms. The predicted molar refractivity (Wildman–Crippen MR) is 74.2 cm³/mol. The van der Waals surface area contributed by atoms with Crippen LogP contribution in [0.3, 0.4) is 0 Å². The fraction of sp³-hybridized carbons (Fsp3) is 0.0714. The maximum atomic E-state index is 12.0. The summed E-state index contributed by atoms with van der Waals surface area (Å²) in [5.41, 5.74) is 0.292. The molecule has 0 aliphatic carbocycles. The van der Waals surface area contributed by atoms with Gasteiger partial charge in [-0.05, 0) is 36.8 Å². The molecule has 0 atom stereocenters. The summed E-state index contributed by atoms with van der Waals surface area (Å²) < 4.78 is 5.18. The molecule has 5 nitrogen and oxygen atoms in total. The summed E-state index contributed by atoms with van der Waals surface area (Å²) >= 11 is 5.81. The van der Waals surface area contributed by atoms with Gasteiger partial charge in [-0.15, -0.1) is 0 Å². The summed E-state index contributed by atoms with van der Waals surface area (Å²) in [5, 5.41) is 11.4. The Labute approximate surface area is 119 Å². The van der Waals surface area contributed by atoms with Crippen LogP contribution in [0.4, 0.5) is 5.69 Å². The van der Waals surface area contributed by atoms with Crippen molar-refractivity contribution in [2.24, 2.45) is 0 Å². The fourth-order valence-corrected chi connectivity index (χ4v) is 1.91. The number of aryl methyl sites for hydroxylation is 1. The third-order valence-corrected chi connectivity index (χ3v) is 2.90. The molecule has 0 aliphatic rings. The molecule has 0 saturated heterocycles. The van der Waals surface area contributed by atoms with Crippen molar-refractivity contribution in [2.75, 3.05) is 0 Å². The number of carbonyl (C=O) groups excluding carboxylic acids is 1. The lowest BCUT2D eigenvalue weighted by Gasteiger charge is -2.07. The van der Waals surface area contributed by atoms with E-state index in [-0.39, 0.29) is 11.3 Å². The van der Waals surface area contributed by atoms with Crippen LogP contribution in [0.2, 0.25) is 5.02 Å². The lowest BCUT2D eigenvalue weighted by Crippen LogP contribution is -2.11. The van der Waals surface area contributed by atoms with Crippen LogP contribution in [0.5, 0.6) is 5.75 Å². The molecular formula is C14H10ClNO4. The molecule has 0 amide bonds. The predicted octanol–water partition coefficient (Wildman–Crippen LogP) is 3.78. The van der Waals surface area contributed by atoms with Gasteiger partial charge in [0.15, 0.2) is 0 Å². The van der Waals surface area contributed by atoms with Gasteiger partial charge in [0.1, 0.15) is 11.3 Å². The molecule has 0 bridgehead atoms. The van der Waals surface area contributed by atoms with Gasteiger partial charge in [0.2, 0.25) is 0 Å². The van der Waals surface area contributed by atoms with E-state index in [4.69, 9.17) is 16.3 Å². The number of hydrogen-bond acceptors (Lipinski definition) is 4. The van der Waals surface area contributed by atoms with Crippen molar-refractivity contribution in [3.05, 3.63) is 68.7 Å². The fourth-order valence-electron chi connectivity index (χ4n) is 1.69. The zero-order valence-electron chi connectivity index (χ0n) is 10.5. The first-order valence-corrected chi connectivity index (χ1v) is 6.08. The van der Waals surface area contributed by atoms with E-state index in [1.54, 1.807) is 25.1 Å². The van der Waals surface area contributed by atoms with Crippen molar-refractivity contribution >= 4 is 23.3 Å². The van der Waals surface area contributed by atoms with Crippen molar-refractivity contribution in [1.82, 2.24) is 0 Å². The molecule has 0 saturated carbocycles. The van der Waals surface area contributed by atoms with Gasteiger partial charge in [-0.2, -0.15) is 0 Å². The molecule has 0 spiro atoms. The Morgan fingerprint density at radius 2 is 1.95 bits per heavy atom. The Morgan fingerprint density at radius 1 is 1.25 bits per heavy atom. The maximum absolute atomic E-state index is 12.0. The van der Waals surface area contributed by atoms with Gasteiger partial charge in [-0.3, -0.25) is 10.1 Å².